The molecule has 27 heavy (non-hydrogen) atoms. The van der Waals surface area contributed by atoms with Gasteiger partial charge in [-0.15, -0.1) is 0 Å². The predicted molar refractivity (Wildman–Crippen MR) is 113 cm³/mol. The molecular formula is C22H29N3O2. The Morgan fingerprint density at radius 3 is 1.85 bits per heavy atom. The van der Waals surface area contributed by atoms with E-state index in [0.29, 0.717) is 11.4 Å². The number of anilines is 3. The molecule has 5 heteroatoms. The maximum absolute atomic E-state index is 12.4. The van der Waals surface area contributed by atoms with Crippen LogP contribution in [0.15, 0.2) is 48.5 Å². The monoisotopic (exact) mass is 367 g/mol. The molecule has 144 valence electrons. The highest BCUT2D eigenvalue weighted by Gasteiger charge is 2.18. The van der Waals surface area contributed by atoms with E-state index in [-0.39, 0.29) is 23.8 Å². The quantitative estimate of drug-likeness (QED) is 0.868. The van der Waals surface area contributed by atoms with Gasteiger partial charge >= 0.3 is 0 Å². The number of carbonyl (C=O) groups excluding carboxylic acids is 2. The molecule has 0 aliphatic rings. The molecule has 0 bridgehead atoms. The number of amides is 2. The van der Waals surface area contributed by atoms with Crippen molar-refractivity contribution < 1.29 is 9.59 Å². The van der Waals surface area contributed by atoms with Crippen LogP contribution < -0.4 is 15.1 Å². The second-order valence-electron chi connectivity index (χ2n) is 7.89. The summed E-state index contributed by atoms with van der Waals surface area (Å²) >= 11 is 0. The van der Waals surface area contributed by atoms with Crippen LogP contribution in [0.3, 0.4) is 0 Å². The summed E-state index contributed by atoms with van der Waals surface area (Å²) in [6, 6.07) is 15.4. The van der Waals surface area contributed by atoms with Crippen molar-refractivity contribution in [3.05, 3.63) is 54.1 Å². The Morgan fingerprint density at radius 1 is 0.889 bits per heavy atom. The Kier molecular flexibility index (Phi) is 6.26. The average Bonchev–Trinajstić information content (AvgIpc) is 2.59. The molecule has 2 rings (SSSR count). The molecule has 0 heterocycles. The lowest BCUT2D eigenvalue weighted by Gasteiger charge is -2.23. The molecule has 0 fully saturated rings. The van der Waals surface area contributed by atoms with Gasteiger partial charge in [0, 0.05) is 38.1 Å². The largest absolute Gasteiger partial charge is 0.378 e. The van der Waals surface area contributed by atoms with Gasteiger partial charge in [-0.25, -0.2) is 0 Å². The van der Waals surface area contributed by atoms with E-state index in [1.807, 2.05) is 67.5 Å². The van der Waals surface area contributed by atoms with Gasteiger partial charge in [-0.1, -0.05) is 32.9 Å². The standard InChI is InChI=1S/C22H29N3O2/c1-16(26)25(20-11-7-17(8-12-20)22(2,3)4)15-21(27)23-18-9-13-19(14-10-18)24(5)6/h7-14H,15H2,1-6H3,(H,23,27). The lowest BCUT2D eigenvalue weighted by atomic mass is 9.87. The number of hydrogen-bond donors (Lipinski definition) is 1. The van der Waals surface area contributed by atoms with Crippen LogP contribution in [0.25, 0.3) is 0 Å². The normalized spacial score (nSPS) is 11.0. The molecule has 0 spiro atoms. The first kappa shape index (κ1) is 20.5. The number of rotatable bonds is 5. The average molecular weight is 367 g/mol. The molecule has 0 aliphatic carbocycles. The summed E-state index contributed by atoms with van der Waals surface area (Å²) in [7, 11) is 3.92. The summed E-state index contributed by atoms with van der Waals surface area (Å²) in [4.78, 5) is 28.0. The molecule has 2 aromatic carbocycles. The third kappa shape index (κ3) is 5.58. The Hall–Kier alpha value is -2.82. The fourth-order valence-electron chi connectivity index (χ4n) is 2.71. The van der Waals surface area contributed by atoms with E-state index in [0.717, 1.165) is 5.69 Å². The maximum atomic E-state index is 12.4. The highest BCUT2D eigenvalue weighted by Crippen LogP contribution is 2.25. The summed E-state index contributed by atoms with van der Waals surface area (Å²) in [5.41, 5.74) is 3.69. The Bertz CT molecular complexity index is 788. The number of benzene rings is 2. The van der Waals surface area contributed by atoms with Gasteiger partial charge in [0.25, 0.3) is 0 Å². The maximum Gasteiger partial charge on any atom is 0.244 e. The highest BCUT2D eigenvalue weighted by molar-refractivity contribution is 6.01. The van der Waals surface area contributed by atoms with E-state index in [9.17, 15) is 9.59 Å². The molecule has 0 atom stereocenters. The predicted octanol–water partition coefficient (Wildman–Crippen LogP) is 4.04. The van der Waals surface area contributed by atoms with Crippen molar-refractivity contribution in [3.8, 4) is 0 Å². The summed E-state index contributed by atoms with van der Waals surface area (Å²) in [5, 5.41) is 2.85. The zero-order valence-corrected chi connectivity index (χ0v) is 17.0. The molecule has 0 saturated carbocycles. The van der Waals surface area contributed by atoms with Gasteiger partial charge in [0.05, 0.1) is 0 Å². The van der Waals surface area contributed by atoms with Crippen molar-refractivity contribution in [1.29, 1.82) is 0 Å². The van der Waals surface area contributed by atoms with Crippen LogP contribution in [-0.4, -0.2) is 32.5 Å². The Morgan fingerprint density at radius 2 is 1.41 bits per heavy atom. The fourth-order valence-corrected chi connectivity index (χ4v) is 2.71. The molecule has 0 radical (unpaired) electrons. The van der Waals surface area contributed by atoms with Crippen LogP contribution in [-0.2, 0) is 15.0 Å². The van der Waals surface area contributed by atoms with E-state index >= 15 is 0 Å². The van der Waals surface area contributed by atoms with Crippen molar-refractivity contribution in [3.63, 3.8) is 0 Å². The minimum atomic E-state index is -0.234. The molecule has 0 aliphatic heterocycles. The zero-order valence-electron chi connectivity index (χ0n) is 17.0. The van der Waals surface area contributed by atoms with E-state index in [1.165, 1.54) is 17.4 Å². The highest BCUT2D eigenvalue weighted by atomic mass is 16.2. The van der Waals surface area contributed by atoms with Crippen molar-refractivity contribution >= 4 is 28.9 Å². The lowest BCUT2D eigenvalue weighted by molar-refractivity contribution is -0.120. The molecule has 5 nitrogen and oxygen atoms in total. The number of carbonyl (C=O) groups is 2. The van der Waals surface area contributed by atoms with Gasteiger partial charge in [-0.05, 0) is 47.4 Å². The van der Waals surface area contributed by atoms with Gasteiger partial charge < -0.3 is 15.1 Å². The van der Waals surface area contributed by atoms with Crippen molar-refractivity contribution in [2.24, 2.45) is 0 Å². The topological polar surface area (TPSA) is 52.7 Å². The van der Waals surface area contributed by atoms with Crippen molar-refractivity contribution in [2.75, 3.05) is 35.8 Å². The number of nitrogens with one attached hydrogen (secondary N) is 1. The van der Waals surface area contributed by atoms with Crippen molar-refractivity contribution in [2.45, 2.75) is 33.1 Å². The second kappa shape index (κ2) is 8.25. The molecule has 0 aromatic heterocycles. The summed E-state index contributed by atoms with van der Waals surface area (Å²) in [6.07, 6.45) is 0. The smallest absolute Gasteiger partial charge is 0.244 e. The summed E-state index contributed by atoms with van der Waals surface area (Å²) in [5.74, 6) is -0.403. The first-order valence-electron chi connectivity index (χ1n) is 9.04. The first-order valence-corrected chi connectivity index (χ1v) is 9.04. The third-order valence-corrected chi connectivity index (χ3v) is 4.39. The van der Waals surface area contributed by atoms with Crippen LogP contribution in [0, 0.1) is 0 Å². The molecule has 1 N–H and O–H groups in total. The number of hydrogen-bond acceptors (Lipinski definition) is 3. The molecular weight excluding hydrogens is 338 g/mol. The van der Waals surface area contributed by atoms with E-state index in [1.54, 1.807) is 0 Å². The molecule has 2 amide bonds. The minimum Gasteiger partial charge on any atom is -0.378 e. The van der Waals surface area contributed by atoms with Gasteiger partial charge in [-0.2, -0.15) is 0 Å². The second-order valence-corrected chi connectivity index (χ2v) is 7.89. The van der Waals surface area contributed by atoms with Crippen molar-refractivity contribution in [1.82, 2.24) is 0 Å². The minimum absolute atomic E-state index is 0.0281. The first-order chi connectivity index (χ1) is 12.6. The Labute approximate surface area is 162 Å². The van der Waals surface area contributed by atoms with Gasteiger partial charge in [-0.3, -0.25) is 9.59 Å². The summed E-state index contributed by atoms with van der Waals surface area (Å²) < 4.78 is 0. The summed E-state index contributed by atoms with van der Waals surface area (Å²) in [6.45, 7) is 7.86. The van der Waals surface area contributed by atoms with E-state index in [4.69, 9.17) is 0 Å². The Balaban J connectivity index is 2.09. The van der Waals surface area contributed by atoms with Gasteiger partial charge in [0.1, 0.15) is 6.54 Å². The van der Waals surface area contributed by atoms with E-state index < -0.39 is 0 Å². The van der Waals surface area contributed by atoms with Crippen LogP contribution in [0.1, 0.15) is 33.3 Å². The van der Waals surface area contributed by atoms with Gasteiger partial charge in [0.2, 0.25) is 11.8 Å². The van der Waals surface area contributed by atoms with E-state index in [2.05, 4.69) is 26.1 Å². The molecule has 0 saturated heterocycles. The van der Waals surface area contributed by atoms with Crippen LogP contribution in [0.4, 0.5) is 17.1 Å². The fraction of sp³-hybridized carbons (Fsp3) is 0.364. The SMILES string of the molecule is CC(=O)N(CC(=O)Nc1ccc(N(C)C)cc1)c1ccc(C(C)(C)C)cc1. The van der Waals surface area contributed by atoms with Crippen LogP contribution in [0.5, 0.6) is 0 Å². The number of nitrogens with zero attached hydrogens (tertiary/aromatic N) is 2. The van der Waals surface area contributed by atoms with Crippen LogP contribution >= 0.6 is 0 Å². The molecule has 2 aromatic rings. The molecule has 0 unspecified atom stereocenters. The lowest BCUT2D eigenvalue weighted by Crippen LogP contribution is -2.36. The third-order valence-electron chi connectivity index (χ3n) is 4.39. The van der Waals surface area contributed by atoms with Crippen LogP contribution in [0.2, 0.25) is 0 Å². The zero-order chi connectivity index (χ0) is 20.2. The van der Waals surface area contributed by atoms with Gasteiger partial charge in [0.15, 0.2) is 0 Å².